The molecule has 13 heteroatoms. The number of aromatic nitrogens is 2. The number of hydrogen-bond donors (Lipinski definition) is 3. The van der Waals surface area contributed by atoms with E-state index in [2.05, 4.69) is 39.5 Å². The number of aryl methyl sites for hydroxylation is 1. The van der Waals surface area contributed by atoms with Crippen molar-refractivity contribution in [1.29, 1.82) is 0 Å². The van der Waals surface area contributed by atoms with E-state index in [1.165, 1.54) is 12.1 Å². The van der Waals surface area contributed by atoms with E-state index in [9.17, 15) is 14.9 Å². The van der Waals surface area contributed by atoms with Crippen molar-refractivity contribution in [2.45, 2.75) is 25.4 Å². The Balaban J connectivity index is 1.42. The van der Waals surface area contributed by atoms with E-state index in [-0.39, 0.29) is 17.4 Å². The van der Waals surface area contributed by atoms with Crippen LogP contribution in [0.25, 0.3) is 11.1 Å². The average Bonchev–Trinajstić information content (AvgIpc) is 3.49. The lowest BCUT2D eigenvalue weighted by Gasteiger charge is -2.20. The van der Waals surface area contributed by atoms with Crippen molar-refractivity contribution in [2.75, 3.05) is 56.6 Å². The lowest BCUT2D eigenvalue weighted by atomic mass is 10.1. The Hall–Kier alpha value is -3.38. The van der Waals surface area contributed by atoms with Crippen LogP contribution < -0.4 is 16.4 Å². The first kappa shape index (κ1) is 28.6. The van der Waals surface area contributed by atoms with Gasteiger partial charge in [-0.2, -0.15) is 0 Å². The minimum atomic E-state index is -0.565. The van der Waals surface area contributed by atoms with Crippen LogP contribution in [-0.4, -0.2) is 76.5 Å². The summed E-state index contributed by atoms with van der Waals surface area (Å²) in [6.45, 7) is 3.26. The van der Waals surface area contributed by atoms with Crippen molar-refractivity contribution in [3.05, 3.63) is 62.9 Å². The molecule has 0 radical (unpaired) electrons. The summed E-state index contributed by atoms with van der Waals surface area (Å²) in [6.07, 6.45) is 5.60. The van der Waals surface area contributed by atoms with Gasteiger partial charge >= 0.3 is 5.69 Å². The van der Waals surface area contributed by atoms with Gasteiger partial charge in [-0.1, -0.05) is 29.3 Å². The molecule has 0 bridgehead atoms. The zero-order valence-electron chi connectivity index (χ0n) is 21.9. The number of pyridine rings is 1. The predicted molar refractivity (Wildman–Crippen MR) is 155 cm³/mol. The third-order valence-electron chi connectivity index (χ3n) is 6.72. The molecule has 4 N–H and O–H groups in total. The second kappa shape index (κ2) is 12.6. The van der Waals surface area contributed by atoms with Gasteiger partial charge in [0, 0.05) is 66.8 Å². The molecule has 1 aromatic carbocycles. The lowest BCUT2D eigenvalue weighted by Crippen LogP contribution is -2.35. The van der Waals surface area contributed by atoms with Crippen LogP contribution in [0.2, 0.25) is 10.0 Å². The van der Waals surface area contributed by atoms with E-state index in [1.807, 2.05) is 23.0 Å². The zero-order valence-corrected chi connectivity index (χ0v) is 23.4. The van der Waals surface area contributed by atoms with Crippen LogP contribution in [0.1, 0.15) is 12.8 Å². The number of carbonyl (C=O) groups is 1. The lowest BCUT2D eigenvalue weighted by molar-refractivity contribution is -0.384. The van der Waals surface area contributed by atoms with Crippen LogP contribution in [0.15, 0.2) is 42.7 Å². The Morgan fingerprint density at radius 1 is 1.23 bits per heavy atom. The molecule has 11 nitrogen and oxygen atoms in total. The summed E-state index contributed by atoms with van der Waals surface area (Å²) in [6, 6.07) is 8.60. The van der Waals surface area contributed by atoms with Gasteiger partial charge in [0.15, 0.2) is 0 Å². The van der Waals surface area contributed by atoms with Crippen molar-refractivity contribution in [3.8, 4) is 11.1 Å². The summed E-state index contributed by atoms with van der Waals surface area (Å²) in [4.78, 5) is 31.8. The standard InChI is InChI=1S/C26H32Cl2N8O3/c1-33(2)18-8-11-35(13-18)16-25(37)31-22-15-34(14-20(22)19-5-4-17(27)12-21(19)28)10-3-9-30-24-7-6-23(36(38)39)26(29)32-24/h4-7,12,14-15,18H,3,8-11,13,16H2,1-2H3,(H,31,37)(H3,29,30,32). The Labute approximate surface area is 237 Å². The number of likely N-dealkylation sites (N-methyl/N-ethyl adjacent to an activating group) is 1. The summed E-state index contributed by atoms with van der Waals surface area (Å²) >= 11 is 12.6. The molecule has 1 unspecified atom stereocenters. The van der Waals surface area contributed by atoms with Crippen molar-refractivity contribution in [1.82, 2.24) is 19.4 Å². The molecule has 3 heterocycles. The van der Waals surface area contributed by atoms with Crippen molar-refractivity contribution < 1.29 is 9.72 Å². The summed E-state index contributed by atoms with van der Waals surface area (Å²) in [7, 11) is 4.12. The smallest absolute Gasteiger partial charge is 0.311 e. The number of rotatable bonds is 11. The van der Waals surface area contributed by atoms with Crippen LogP contribution in [0.4, 0.5) is 23.0 Å². The molecule has 1 aliphatic heterocycles. The van der Waals surface area contributed by atoms with Gasteiger partial charge in [-0.05, 0) is 45.1 Å². The number of benzene rings is 1. The highest BCUT2D eigenvalue weighted by molar-refractivity contribution is 6.36. The van der Waals surface area contributed by atoms with Crippen molar-refractivity contribution in [2.24, 2.45) is 0 Å². The molecular formula is C26H32Cl2N8O3. The highest BCUT2D eigenvalue weighted by Gasteiger charge is 2.26. The van der Waals surface area contributed by atoms with E-state index >= 15 is 0 Å². The van der Waals surface area contributed by atoms with Gasteiger partial charge in [0.25, 0.3) is 0 Å². The van der Waals surface area contributed by atoms with Gasteiger partial charge in [0.2, 0.25) is 11.7 Å². The molecule has 0 spiro atoms. The maximum absolute atomic E-state index is 13.0. The number of amides is 1. The van der Waals surface area contributed by atoms with Crippen LogP contribution >= 0.6 is 23.2 Å². The van der Waals surface area contributed by atoms with E-state index in [4.69, 9.17) is 28.9 Å². The number of carbonyl (C=O) groups excluding carboxylic acids is 1. The topological polar surface area (TPSA) is 135 Å². The SMILES string of the molecule is CN(C)C1CCN(CC(=O)Nc2cn(CCCNc3ccc([N+](=O)[O-])c(N)n3)cc2-c2ccc(Cl)cc2Cl)C1. The maximum atomic E-state index is 13.0. The molecule has 1 atom stereocenters. The maximum Gasteiger partial charge on any atom is 0.311 e. The minimum absolute atomic E-state index is 0.0815. The van der Waals surface area contributed by atoms with Gasteiger partial charge < -0.3 is 25.8 Å². The molecule has 1 aliphatic rings. The number of nitrogens with one attached hydrogen (secondary N) is 2. The van der Waals surface area contributed by atoms with E-state index in [0.29, 0.717) is 53.6 Å². The molecular weight excluding hydrogens is 543 g/mol. The number of hydrogen-bond acceptors (Lipinski definition) is 8. The van der Waals surface area contributed by atoms with E-state index in [0.717, 1.165) is 30.6 Å². The van der Waals surface area contributed by atoms with Gasteiger partial charge in [-0.25, -0.2) is 4.98 Å². The second-order valence-electron chi connectivity index (χ2n) is 9.78. The molecule has 2 aromatic heterocycles. The highest BCUT2D eigenvalue weighted by Crippen LogP contribution is 2.36. The van der Waals surface area contributed by atoms with E-state index < -0.39 is 4.92 Å². The largest absolute Gasteiger partial charge is 0.378 e. The summed E-state index contributed by atoms with van der Waals surface area (Å²) < 4.78 is 1.99. The quantitative estimate of drug-likeness (QED) is 0.174. The molecule has 4 rings (SSSR count). The van der Waals surface area contributed by atoms with Gasteiger partial charge in [0.05, 0.1) is 22.2 Å². The van der Waals surface area contributed by atoms with Crippen LogP contribution in [0, 0.1) is 10.1 Å². The summed E-state index contributed by atoms with van der Waals surface area (Å²) in [5.74, 6) is 0.249. The second-order valence-corrected chi connectivity index (χ2v) is 10.6. The van der Waals surface area contributed by atoms with Crippen LogP contribution in [0.5, 0.6) is 0 Å². The Kier molecular flexibility index (Phi) is 9.28. The van der Waals surface area contributed by atoms with E-state index in [1.54, 1.807) is 12.1 Å². The fourth-order valence-electron chi connectivity index (χ4n) is 4.63. The Morgan fingerprint density at radius 3 is 2.69 bits per heavy atom. The third kappa shape index (κ3) is 7.39. The number of nitrogens with two attached hydrogens (primary N) is 1. The summed E-state index contributed by atoms with van der Waals surface area (Å²) in [5, 5.41) is 18.2. The third-order valence-corrected chi connectivity index (χ3v) is 7.27. The first-order valence-electron chi connectivity index (χ1n) is 12.6. The molecule has 1 amide bonds. The van der Waals surface area contributed by atoms with Gasteiger partial charge in [-0.15, -0.1) is 0 Å². The first-order chi connectivity index (χ1) is 18.6. The van der Waals surface area contributed by atoms with Crippen LogP contribution in [0.3, 0.4) is 0 Å². The first-order valence-corrected chi connectivity index (χ1v) is 13.3. The van der Waals surface area contributed by atoms with Crippen molar-refractivity contribution in [3.63, 3.8) is 0 Å². The number of nitrogens with zero attached hydrogens (tertiary/aromatic N) is 5. The van der Waals surface area contributed by atoms with Crippen molar-refractivity contribution >= 4 is 52.1 Å². The molecule has 0 aliphatic carbocycles. The average molecular weight is 576 g/mol. The number of anilines is 3. The minimum Gasteiger partial charge on any atom is -0.378 e. The normalized spacial score (nSPS) is 15.6. The Bertz CT molecular complexity index is 1350. The van der Waals surface area contributed by atoms with Gasteiger partial charge in [-0.3, -0.25) is 19.8 Å². The zero-order chi connectivity index (χ0) is 28.1. The number of nitrogen functional groups attached to an aromatic ring is 1. The summed E-state index contributed by atoms with van der Waals surface area (Å²) in [5.41, 5.74) is 7.69. The fraction of sp³-hybridized carbons (Fsp3) is 0.385. The fourth-order valence-corrected chi connectivity index (χ4v) is 5.14. The number of nitro groups is 1. The molecule has 3 aromatic rings. The molecule has 39 heavy (non-hydrogen) atoms. The number of likely N-dealkylation sites (tertiary alicyclic amines) is 1. The molecule has 0 saturated carbocycles. The highest BCUT2D eigenvalue weighted by atomic mass is 35.5. The predicted octanol–water partition coefficient (Wildman–Crippen LogP) is 4.42. The monoisotopic (exact) mass is 574 g/mol. The molecule has 208 valence electrons. The molecule has 1 fully saturated rings. The number of halogens is 2. The van der Waals surface area contributed by atoms with Crippen LogP contribution in [-0.2, 0) is 11.3 Å². The Morgan fingerprint density at radius 2 is 2.03 bits per heavy atom. The van der Waals surface area contributed by atoms with Gasteiger partial charge in [0.1, 0.15) is 5.82 Å². The molecule has 1 saturated heterocycles.